The molecule has 1 N–H and O–H groups in total. The van der Waals surface area contributed by atoms with Crippen LogP contribution in [0, 0.1) is 10.1 Å². The molecule has 0 aliphatic carbocycles. The van der Waals surface area contributed by atoms with Gasteiger partial charge < -0.3 is 10.2 Å². The molecule has 0 spiro atoms. The highest BCUT2D eigenvalue weighted by molar-refractivity contribution is 5.48. The van der Waals surface area contributed by atoms with Gasteiger partial charge in [0.05, 0.1) is 4.92 Å². The smallest absolute Gasteiger partial charge is 0.269 e. The van der Waals surface area contributed by atoms with E-state index in [1.165, 1.54) is 17.8 Å². The van der Waals surface area contributed by atoms with Crippen molar-refractivity contribution in [1.29, 1.82) is 0 Å². The van der Waals surface area contributed by atoms with Crippen LogP contribution in [0.15, 0.2) is 54.6 Å². The Kier molecular flexibility index (Phi) is 5.15. The van der Waals surface area contributed by atoms with Gasteiger partial charge in [0.25, 0.3) is 5.69 Å². The Bertz CT molecular complexity index is 570. The van der Waals surface area contributed by atoms with Gasteiger partial charge in [-0.25, -0.2) is 0 Å². The molecule has 5 heteroatoms. The fraction of sp³-hybridized carbons (Fsp3) is 0.250. The highest BCUT2D eigenvalue weighted by Crippen LogP contribution is 2.15. The second-order valence-electron chi connectivity index (χ2n) is 4.84. The first kappa shape index (κ1) is 14.8. The van der Waals surface area contributed by atoms with Crippen molar-refractivity contribution < 1.29 is 4.92 Å². The summed E-state index contributed by atoms with van der Waals surface area (Å²) in [7, 11) is 2.07. The summed E-state index contributed by atoms with van der Waals surface area (Å²) < 4.78 is 0. The second kappa shape index (κ2) is 7.28. The summed E-state index contributed by atoms with van der Waals surface area (Å²) in [5.74, 6) is 0. The molecule has 0 aromatic heterocycles. The van der Waals surface area contributed by atoms with Gasteiger partial charge in [-0.3, -0.25) is 10.1 Å². The van der Waals surface area contributed by atoms with Crippen LogP contribution >= 0.6 is 0 Å². The van der Waals surface area contributed by atoms with Gasteiger partial charge in [0.2, 0.25) is 0 Å². The van der Waals surface area contributed by atoms with E-state index in [0.29, 0.717) is 0 Å². The highest BCUT2D eigenvalue weighted by atomic mass is 16.6. The number of hydrogen-bond donors (Lipinski definition) is 1. The van der Waals surface area contributed by atoms with Crippen LogP contribution in [0.1, 0.15) is 6.42 Å². The lowest BCUT2D eigenvalue weighted by Gasteiger charge is -2.19. The van der Waals surface area contributed by atoms with E-state index in [4.69, 9.17) is 0 Å². The van der Waals surface area contributed by atoms with Crippen LogP contribution in [0.25, 0.3) is 0 Å². The van der Waals surface area contributed by atoms with Crippen LogP contribution in [-0.2, 0) is 0 Å². The van der Waals surface area contributed by atoms with Crippen molar-refractivity contribution in [2.45, 2.75) is 6.42 Å². The molecule has 5 nitrogen and oxygen atoms in total. The van der Waals surface area contributed by atoms with Crippen LogP contribution in [0.4, 0.5) is 17.1 Å². The van der Waals surface area contributed by atoms with Gasteiger partial charge in [-0.1, -0.05) is 18.2 Å². The summed E-state index contributed by atoms with van der Waals surface area (Å²) in [5, 5.41) is 13.8. The average molecular weight is 285 g/mol. The maximum Gasteiger partial charge on any atom is 0.269 e. The van der Waals surface area contributed by atoms with Crippen LogP contribution in [0.5, 0.6) is 0 Å². The maximum absolute atomic E-state index is 10.6. The number of non-ortho nitro benzene ring substituents is 1. The Labute approximate surface area is 124 Å². The van der Waals surface area contributed by atoms with E-state index in [2.05, 4.69) is 29.4 Å². The van der Waals surface area contributed by atoms with Gasteiger partial charge in [-0.2, -0.15) is 0 Å². The number of para-hydroxylation sites is 1. The number of nitro groups is 1. The zero-order valence-corrected chi connectivity index (χ0v) is 12.0. The molecule has 21 heavy (non-hydrogen) atoms. The number of hydrogen-bond acceptors (Lipinski definition) is 4. The minimum atomic E-state index is -0.390. The van der Waals surface area contributed by atoms with Crippen molar-refractivity contribution in [2.75, 3.05) is 30.4 Å². The average Bonchev–Trinajstić information content (AvgIpc) is 2.52. The first-order valence-corrected chi connectivity index (χ1v) is 6.91. The maximum atomic E-state index is 10.6. The molecule has 0 atom stereocenters. The molecule has 0 aliphatic rings. The number of nitrogens with zero attached hydrogens (tertiary/aromatic N) is 2. The zero-order valence-electron chi connectivity index (χ0n) is 12.0. The molecule has 2 aromatic carbocycles. The number of benzene rings is 2. The molecule has 0 saturated heterocycles. The molecule has 0 amide bonds. The lowest BCUT2D eigenvalue weighted by Crippen LogP contribution is -2.20. The van der Waals surface area contributed by atoms with E-state index in [0.717, 1.165) is 25.2 Å². The van der Waals surface area contributed by atoms with Crippen molar-refractivity contribution in [3.63, 3.8) is 0 Å². The van der Waals surface area contributed by atoms with E-state index in [-0.39, 0.29) is 5.69 Å². The third-order valence-corrected chi connectivity index (χ3v) is 3.27. The van der Waals surface area contributed by atoms with Crippen LogP contribution in [0.2, 0.25) is 0 Å². The quantitative estimate of drug-likeness (QED) is 0.480. The van der Waals surface area contributed by atoms with Gasteiger partial charge in [-0.15, -0.1) is 0 Å². The van der Waals surface area contributed by atoms with Gasteiger partial charge in [0, 0.05) is 43.6 Å². The second-order valence-corrected chi connectivity index (χ2v) is 4.84. The Morgan fingerprint density at radius 3 is 2.38 bits per heavy atom. The summed E-state index contributed by atoms with van der Waals surface area (Å²) in [5.41, 5.74) is 2.22. The van der Waals surface area contributed by atoms with Crippen LogP contribution in [0.3, 0.4) is 0 Å². The number of nitrogens with one attached hydrogen (secondary N) is 1. The van der Waals surface area contributed by atoms with Crippen molar-refractivity contribution in [3.05, 3.63) is 64.7 Å². The SMILES string of the molecule is CN(CCCNc1ccc([N+](=O)[O-])cc1)c1ccccc1. The van der Waals surface area contributed by atoms with Crippen molar-refractivity contribution in [3.8, 4) is 0 Å². The van der Waals surface area contributed by atoms with Crippen molar-refractivity contribution >= 4 is 17.1 Å². The first-order chi connectivity index (χ1) is 10.2. The predicted molar refractivity (Wildman–Crippen MR) is 85.9 cm³/mol. The summed E-state index contributed by atoms with van der Waals surface area (Å²) in [6.07, 6.45) is 0.988. The minimum Gasteiger partial charge on any atom is -0.385 e. The molecule has 0 heterocycles. The molecule has 2 aromatic rings. The zero-order chi connectivity index (χ0) is 15.1. The third-order valence-electron chi connectivity index (χ3n) is 3.27. The van der Waals surface area contributed by atoms with Gasteiger partial charge in [0.15, 0.2) is 0 Å². The molecule has 0 aliphatic heterocycles. The summed E-state index contributed by atoms with van der Waals surface area (Å²) >= 11 is 0. The van der Waals surface area contributed by atoms with Gasteiger partial charge >= 0.3 is 0 Å². The molecule has 0 bridgehead atoms. The summed E-state index contributed by atoms with van der Waals surface area (Å²) in [6.45, 7) is 1.78. The topological polar surface area (TPSA) is 58.4 Å². The lowest BCUT2D eigenvalue weighted by molar-refractivity contribution is -0.384. The Balaban J connectivity index is 1.73. The molecule has 0 unspecified atom stereocenters. The predicted octanol–water partition coefficient (Wildman–Crippen LogP) is 3.53. The summed E-state index contributed by atoms with van der Waals surface area (Å²) in [4.78, 5) is 12.4. The minimum absolute atomic E-state index is 0.115. The van der Waals surface area contributed by atoms with Crippen molar-refractivity contribution in [1.82, 2.24) is 0 Å². The van der Waals surface area contributed by atoms with Gasteiger partial charge in [0.1, 0.15) is 0 Å². The Hall–Kier alpha value is -2.56. The molecular formula is C16H19N3O2. The molecule has 0 fully saturated rings. The molecule has 110 valence electrons. The van der Waals surface area contributed by atoms with Crippen LogP contribution < -0.4 is 10.2 Å². The molecule has 2 rings (SSSR count). The van der Waals surface area contributed by atoms with E-state index in [9.17, 15) is 10.1 Å². The first-order valence-electron chi connectivity index (χ1n) is 6.91. The number of nitro benzene ring substituents is 1. The fourth-order valence-electron chi connectivity index (χ4n) is 2.06. The molecular weight excluding hydrogens is 266 g/mol. The Morgan fingerprint density at radius 2 is 1.76 bits per heavy atom. The fourth-order valence-corrected chi connectivity index (χ4v) is 2.06. The Morgan fingerprint density at radius 1 is 1.10 bits per heavy atom. The lowest BCUT2D eigenvalue weighted by atomic mass is 10.2. The largest absolute Gasteiger partial charge is 0.385 e. The molecule has 0 radical (unpaired) electrons. The number of anilines is 2. The monoisotopic (exact) mass is 285 g/mol. The standard InChI is InChI=1S/C16H19N3O2/c1-18(15-6-3-2-4-7-15)13-5-12-17-14-8-10-16(11-9-14)19(20)21/h2-4,6-11,17H,5,12-13H2,1H3. The summed E-state index contributed by atoms with van der Waals surface area (Å²) in [6, 6.07) is 16.7. The van der Waals surface area contributed by atoms with Gasteiger partial charge in [-0.05, 0) is 30.7 Å². The van der Waals surface area contributed by atoms with E-state index in [1.807, 2.05) is 18.2 Å². The van der Waals surface area contributed by atoms with E-state index < -0.39 is 4.92 Å². The molecule has 0 saturated carbocycles. The third kappa shape index (κ3) is 4.49. The van der Waals surface area contributed by atoms with E-state index in [1.54, 1.807) is 12.1 Å². The normalized spacial score (nSPS) is 10.1. The van der Waals surface area contributed by atoms with Crippen molar-refractivity contribution in [2.24, 2.45) is 0 Å². The highest BCUT2D eigenvalue weighted by Gasteiger charge is 2.03. The van der Waals surface area contributed by atoms with E-state index >= 15 is 0 Å². The number of rotatable bonds is 7. The van der Waals surface area contributed by atoms with Crippen LogP contribution in [-0.4, -0.2) is 25.1 Å².